The van der Waals surface area contributed by atoms with E-state index in [0.717, 1.165) is 82.5 Å². The molecule has 2 aliphatic rings. The molecule has 10 nitrogen and oxygen atoms in total. The highest BCUT2D eigenvalue weighted by molar-refractivity contribution is 6.12. The zero-order valence-electron chi connectivity index (χ0n) is 36.2. The van der Waals surface area contributed by atoms with Gasteiger partial charge in [0, 0.05) is 31.4 Å². The van der Waals surface area contributed by atoms with Gasteiger partial charge in [-0.25, -0.2) is 4.98 Å². The smallest absolute Gasteiger partial charge is 0.257 e. The maximum Gasteiger partial charge on any atom is 0.257 e. The molecule has 1 fully saturated rings. The molecule has 0 atom stereocenters. The molecule has 0 aliphatic carbocycles. The number of fused-ring (bicyclic) bond motifs is 2. The zero-order chi connectivity index (χ0) is 44.0. The summed E-state index contributed by atoms with van der Waals surface area (Å²) in [6, 6.07) is 57.6. The molecule has 0 unspecified atom stereocenters. The summed E-state index contributed by atoms with van der Waals surface area (Å²) < 4.78 is 26.0. The summed E-state index contributed by atoms with van der Waals surface area (Å²) in [5, 5.41) is 6.63. The molecule has 3 heterocycles. The van der Waals surface area contributed by atoms with Gasteiger partial charge in [-0.15, -0.1) is 0 Å². The van der Waals surface area contributed by atoms with Crippen LogP contribution in [-0.2, 0) is 23.3 Å². The maximum atomic E-state index is 13.5. The van der Waals surface area contributed by atoms with Crippen LogP contribution in [0.3, 0.4) is 0 Å². The van der Waals surface area contributed by atoms with Crippen molar-refractivity contribution in [2.45, 2.75) is 18.6 Å². The topological polar surface area (TPSA) is 99.1 Å². The van der Waals surface area contributed by atoms with E-state index in [4.69, 9.17) is 23.9 Å². The van der Waals surface area contributed by atoms with Gasteiger partial charge in [0.05, 0.1) is 61.6 Å². The summed E-state index contributed by atoms with van der Waals surface area (Å²) >= 11 is 0. The first-order valence-corrected chi connectivity index (χ1v) is 22.0. The molecule has 2 aliphatic heterocycles. The Bertz CT molecular complexity index is 2800. The molecule has 10 heteroatoms. The molecule has 1 amide bonds. The summed E-state index contributed by atoms with van der Waals surface area (Å²) in [5.41, 5.74) is 10.3. The van der Waals surface area contributed by atoms with Crippen LogP contribution < -0.4 is 29.7 Å². The van der Waals surface area contributed by atoms with E-state index in [0.29, 0.717) is 35.8 Å². The number of carbonyl (C=O) groups excluding carboxylic acids is 1. The Morgan fingerprint density at radius 3 is 1.98 bits per heavy atom. The van der Waals surface area contributed by atoms with Crippen molar-refractivity contribution in [3.8, 4) is 28.4 Å². The number of amides is 1. The molecule has 0 spiro atoms. The van der Waals surface area contributed by atoms with Crippen LogP contribution in [0.25, 0.3) is 11.1 Å². The molecule has 8 aromatic rings. The van der Waals surface area contributed by atoms with Gasteiger partial charge in [0.15, 0.2) is 11.5 Å². The fourth-order valence-electron chi connectivity index (χ4n) is 8.91. The van der Waals surface area contributed by atoms with Crippen LogP contribution in [0.1, 0.15) is 38.3 Å². The third kappa shape index (κ3) is 8.51. The second-order valence-electron chi connectivity index (χ2n) is 16.1. The van der Waals surface area contributed by atoms with E-state index >= 15 is 0 Å². The van der Waals surface area contributed by atoms with Gasteiger partial charge in [-0.2, -0.15) is 0 Å². The molecule has 65 heavy (non-hydrogen) atoms. The number of rotatable bonds is 14. The second kappa shape index (κ2) is 18.5. The van der Waals surface area contributed by atoms with Crippen LogP contribution >= 0.6 is 0 Å². The number of ether oxygens (including phenoxy) is 4. The molecular weight excluding hydrogens is 811 g/mol. The summed E-state index contributed by atoms with van der Waals surface area (Å²) in [6.45, 7) is 4.04. The molecule has 324 valence electrons. The number of nitrogens with zero attached hydrogens (tertiary/aromatic N) is 3. The number of hydrogen-bond acceptors (Lipinski definition) is 8. The summed E-state index contributed by atoms with van der Waals surface area (Å²) in [5.74, 6) is 1.83. The lowest BCUT2D eigenvalue weighted by molar-refractivity contribution is 0.102. The van der Waals surface area contributed by atoms with Crippen molar-refractivity contribution in [1.29, 1.82) is 0 Å². The molecule has 0 bridgehead atoms. The largest absolute Gasteiger partial charge is 0.493 e. The van der Waals surface area contributed by atoms with Crippen molar-refractivity contribution in [2.75, 3.05) is 55.6 Å². The predicted molar refractivity (Wildman–Crippen MR) is 256 cm³/mol. The minimum absolute atomic E-state index is 0.177. The van der Waals surface area contributed by atoms with E-state index in [1.165, 1.54) is 5.69 Å². The molecule has 1 saturated heterocycles. The van der Waals surface area contributed by atoms with Crippen LogP contribution in [0.2, 0.25) is 0 Å². The van der Waals surface area contributed by atoms with Gasteiger partial charge in [0.2, 0.25) is 0 Å². The van der Waals surface area contributed by atoms with Gasteiger partial charge in [-0.3, -0.25) is 4.79 Å². The number of morpholine rings is 1. The first kappa shape index (κ1) is 41.2. The highest BCUT2D eigenvalue weighted by Gasteiger charge is 2.38. The summed E-state index contributed by atoms with van der Waals surface area (Å²) in [4.78, 5) is 20.7. The van der Waals surface area contributed by atoms with Crippen molar-refractivity contribution in [1.82, 2.24) is 9.55 Å². The zero-order valence-corrected chi connectivity index (χ0v) is 36.2. The molecular formula is C55H49N5O5. The van der Waals surface area contributed by atoms with E-state index < -0.39 is 5.54 Å². The van der Waals surface area contributed by atoms with Crippen LogP contribution in [0.4, 0.5) is 22.7 Å². The lowest BCUT2D eigenvalue weighted by atomic mass is 9.77. The number of anilines is 4. The van der Waals surface area contributed by atoms with Crippen molar-refractivity contribution in [2.24, 2.45) is 0 Å². The predicted octanol–water partition coefficient (Wildman–Crippen LogP) is 10.7. The fourth-order valence-corrected chi connectivity index (χ4v) is 8.91. The van der Waals surface area contributed by atoms with Crippen LogP contribution in [0.5, 0.6) is 17.2 Å². The quantitative estimate of drug-likeness (QED) is 0.104. The Hall–Kier alpha value is -7.82. The Balaban J connectivity index is 0.828. The Morgan fingerprint density at radius 2 is 1.31 bits per heavy atom. The third-order valence-corrected chi connectivity index (χ3v) is 12.2. The normalized spacial score (nSPS) is 13.4. The van der Waals surface area contributed by atoms with Gasteiger partial charge in [0.25, 0.3) is 5.91 Å². The lowest BCUT2D eigenvalue weighted by Crippen LogP contribution is -2.36. The van der Waals surface area contributed by atoms with Gasteiger partial charge < -0.3 is 39.0 Å². The Labute approximate surface area is 379 Å². The third-order valence-electron chi connectivity index (χ3n) is 12.2. The van der Waals surface area contributed by atoms with Gasteiger partial charge in [0.1, 0.15) is 17.9 Å². The van der Waals surface area contributed by atoms with E-state index in [1.807, 2.05) is 85.2 Å². The van der Waals surface area contributed by atoms with Crippen molar-refractivity contribution in [3.63, 3.8) is 0 Å². The fraction of sp³-hybridized carbons (Fsp3) is 0.164. The van der Waals surface area contributed by atoms with Gasteiger partial charge in [-0.1, -0.05) is 109 Å². The lowest BCUT2D eigenvalue weighted by Gasteiger charge is -2.37. The van der Waals surface area contributed by atoms with Crippen LogP contribution in [-0.4, -0.2) is 55.5 Å². The van der Waals surface area contributed by atoms with Gasteiger partial charge >= 0.3 is 0 Å². The molecule has 10 rings (SSSR count). The summed E-state index contributed by atoms with van der Waals surface area (Å²) in [6.07, 6.45) is 4.64. The second-order valence-corrected chi connectivity index (χ2v) is 16.1. The van der Waals surface area contributed by atoms with Crippen molar-refractivity contribution < 1.29 is 23.7 Å². The number of aromatic nitrogens is 2. The molecule has 0 radical (unpaired) electrons. The minimum atomic E-state index is -0.670. The maximum absolute atomic E-state index is 13.5. The van der Waals surface area contributed by atoms with E-state index in [1.54, 1.807) is 7.11 Å². The Morgan fingerprint density at radius 1 is 0.646 bits per heavy atom. The number of imidazole rings is 1. The minimum Gasteiger partial charge on any atom is -0.493 e. The van der Waals surface area contributed by atoms with Crippen molar-refractivity contribution in [3.05, 3.63) is 216 Å². The van der Waals surface area contributed by atoms with E-state index in [9.17, 15) is 4.79 Å². The van der Waals surface area contributed by atoms with Crippen LogP contribution in [0, 0.1) is 0 Å². The van der Waals surface area contributed by atoms with E-state index in [-0.39, 0.29) is 12.5 Å². The monoisotopic (exact) mass is 859 g/mol. The molecule has 0 saturated carbocycles. The number of hydrogen-bond donors (Lipinski definition) is 2. The number of nitrogens with one attached hydrogen (secondary N) is 2. The number of benzene rings is 7. The molecule has 2 N–H and O–H groups in total. The number of carbonyl (C=O) groups is 1. The summed E-state index contributed by atoms with van der Waals surface area (Å²) in [7, 11) is 1.64. The average molecular weight is 860 g/mol. The van der Waals surface area contributed by atoms with Gasteiger partial charge in [-0.05, 0) is 94.0 Å². The highest BCUT2D eigenvalue weighted by atomic mass is 16.5. The number of methoxy groups -OCH3 is 1. The average Bonchev–Trinajstić information content (AvgIpc) is 3.79. The molecule has 1 aromatic heterocycles. The Kier molecular flexibility index (Phi) is 11.7. The van der Waals surface area contributed by atoms with E-state index in [2.05, 4.69) is 117 Å². The SMILES string of the molecule is COc1cc(-c2ccc3c(c2)Nc2ccc(CCOc4ccc(N5CCOCC5)cc4)cc2NC3=O)ccc1OCc1cn(C(c2ccccc2)(c2ccccc2)c2ccccc2)cn1. The molecule has 7 aromatic carbocycles. The first-order valence-electron chi connectivity index (χ1n) is 22.0. The standard InChI is InChI=1S/C55H49N5O5/c1-62-53-35-41(19-26-52(53)65-37-45-36-60(38-56-45)55(42-11-5-2-6-12-42,43-13-7-3-8-14-43)44-15-9-4-10-16-44)40-18-24-48-50(34-40)57-49-25-17-39(33-51(49)58-54(48)61)27-30-64-47-22-20-46(21-23-47)59-28-31-63-32-29-59/h2-26,33-36,38,57H,27-32,37H2,1H3,(H,58,61). The highest BCUT2D eigenvalue weighted by Crippen LogP contribution is 2.42. The van der Waals surface area contributed by atoms with Crippen LogP contribution in [0.15, 0.2) is 182 Å². The first-order chi connectivity index (χ1) is 32.0. The van der Waals surface area contributed by atoms with Crippen molar-refractivity contribution >= 4 is 28.7 Å².